The van der Waals surface area contributed by atoms with Crippen LogP contribution in [0.3, 0.4) is 0 Å². The van der Waals surface area contributed by atoms with Gasteiger partial charge in [-0.1, -0.05) is 65.1 Å². The van der Waals surface area contributed by atoms with Gasteiger partial charge < -0.3 is 5.32 Å². The molecule has 4 aromatic rings. The van der Waals surface area contributed by atoms with Crippen molar-refractivity contribution in [2.75, 3.05) is 5.32 Å². The van der Waals surface area contributed by atoms with Crippen LogP contribution in [0.1, 0.15) is 0 Å². The number of fused-ring (bicyclic) bond motifs is 1. The van der Waals surface area contributed by atoms with Crippen LogP contribution < -0.4 is 5.32 Å². The second-order valence-corrected chi connectivity index (χ2v) is 7.40. The molecule has 0 aliphatic heterocycles. The molecule has 2 aromatic heterocycles. The number of nitrogens with one attached hydrogen (secondary N) is 1. The smallest absolute Gasteiger partial charge is 0.143 e. The van der Waals surface area contributed by atoms with Crippen LogP contribution in [0.4, 0.5) is 11.5 Å². The quantitative estimate of drug-likeness (QED) is 0.395. The number of anilines is 2. The van der Waals surface area contributed by atoms with E-state index < -0.39 is 0 Å². The predicted molar refractivity (Wildman–Crippen MR) is 108 cm³/mol. The molecule has 0 amide bonds. The van der Waals surface area contributed by atoms with E-state index in [-0.39, 0.29) is 0 Å². The number of aromatic nitrogens is 2. The maximum atomic E-state index is 6.29. The molecular formula is C18H10Cl3N3S. The molecule has 2 heterocycles. The van der Waals surface area contributed by atoms with E-state index in [4.69, 9.17) is 34.8 Å². The van der Waals surface area contributed by atoms with Gasteiger partial charge in [0.1, 0.15) is 17.0 Å². The van der Waals surface area contributed by atoms with Gasteiger partial charge in [0.25, 0.3) is 0 Å². The summed E-state index contributed by atoms with van der Waals surface area (Å²) >= 11 is 20.1. The number of hydrogen-bond donors (Lipinski definition) is 1. The summed E-state index contributed by atoms with van der Waals surface area (Å²) in [5.74, 6) is 0.649. The normalized spacial score (nSPS) is 11.0. The van der Waals surface area contributed by atoms with Crippen LogP contribution in [-0.4, -0.2) is 9.97 Å². The van der Waals surface area contributed by atoms with Gasteiger partial charge >= 0.3 is 0 Å². The van der Waals surface area contributed by atoms with E-state index >= 15 is 0 Å². The molecule has 0 unspecified atom stereocenters. The molecular weight excluding hydrogens is 397 g/mol. The average Bonchev–Trinajstić information content (AvgIpc) is 3.04. The SMILES string of the molecule is Clc1cc(Cl)c(Nc2ncnc3scc(-c4ccccc4)c23)c(Cl)c1. The van der Waals surface area contributed by atoms with Gasteiger partial charge in [-0.2, -0.15) is 0 Å². The fraction of sp³-hybridized carbons (Fsp3) is 0. The second kappa shape index (κ2) is 6.81. The molecule has 2 aromatic carbocycles. The van der Waals surface area contributed by atoms with Gasteiger partial charge in [-0.25, -0.2) is 9.97 Å². The number of hydrogen-bond acceptors (Lipinski definition) is 4. The van der Waals surface area contributed by atoms with Crippen LogP contribution in [0.5, 0.6) is 0 Å². The van der Waals surface area contributed by atoms with E-state index in [1.54, 1.807) is 23.5 Å². The molecule has 0 spiro atoms. The third kappa shape index (κ3) is 3.18. The Bertz CT molecular complexity index is 1040. The highest BCUT2D eigenvalue weighted by atomic mass is 35.5. The van der Waals surface area contributed by atoms with Gasteiger partial charge in [0.2, 0.25) is 0 Å². The zero-order chi connectivity index (χ0) is 17.4. The van der Waals surface area contributed by atoms with E-state index in [1.165, 1.54) is 6.33 Å². The Balaban J connectivity index is 1.88. The molecule has 124 valence electrons. The lowest BCUT2D eigenvalue weighted by Crippen LogP contribution is -1.97. The van der Waals surface area contributed by atoms with E-state index in [2.05, 4.69) is 32.8 Å². The molecule has 25 heavy (non-hydrogen) atoms. The van der Waals surface area contributed by atoms with Crippen LogP contribution in [0.2, 0.25) is 15.1 Å². The molecule has 0 fully saturated rings. The number of rotatable bonds is 3. The molecule has 0 radical (unpaired) electrons. The van der Waals surface area contributed by atoms with E-state index in [9.17, 15) is 0 Å². The minimum atomic E-state index is 0.431. The molecule has 0 aliphatic carbocycles. The zero-order valence-corrected chi connectivity index (χ0v) is 15.7. The molecule has 0 atom stereocenters. The lowest BCUT2D eigenvalue weighted by Gasteiger charge is -2.12. The van der Waals surface area contributed by atoms with Gasteiger partial charge in [-0.3, -0.25) is 0 Å². The standard InChI is InChI=1S/C18H10Cl3N3S/c19-11-6-13(20)16(14(21)7-11)24-17-15-12(10-4-2-1-3-5-10)8-25-18(15)23-9-22-17/h1-9H,(H,22,23,24). The van der Waals surface area contributed by atoms with Crippen molar-refractivity contribution in [3.63, 3.8) is 0 Å². The highest BCUT2D eigenvalue weighted by Crippen LogP contribution is 2.40. The summed E-state index contributed by atoms with van der Waals surface area (Å²) in [6, 6.07) is 13.4. The number of benzene rings is 2. The fourth-order valence-electron chi connectivity index (χ4n) is 2.58. The minimum absolute atomic E-state index is 0.431. The van der Waals surface area contributed by atoms with Crippen molar-refractivity contribution in [2.24, 2.45) is 0 Å². The van der Waals surface area contributed by atoms with E-state index in [0.29, 0.717) is 26.6 Å². The monoisotopic (exact) mass is 405 g/mol. The first kappa shape index (κ1) is 16.6. The fourth-order valence-corrected chi connectivity index (χ4v) is 4.41. The summed E-state index contributed by atoms with van der Waals surface area (Å²) in [4.78, 5) is 9.65. The molecule has 3 nitrogen and oxygen atoms in total. The molecule has 0 aliphatic rings. The third-order valence-electron chi connectivity index (χ3n) is 3.71. The van der Waals surface area contributed by atoms with Crippen LogP contribution in [0.25, 0.3) is 21.3 Å². The lowest BCUT2D eigenvalue weighted by atomic mass is 10.1. The van der Waals surface area contributed by atoms with Crippen LogP contribution in [0.15, 0.2) is 54.2 Å². The maximum absolute atomic E-state index is 6.29. The first-order valence-electron chi connectivity index (χ1n) is 7.32. The van der Waals surface area contributed by atoms with Crippen molar-refractivity contribution in [2.45, 2.75) is 0 Å². The van der Waals surface area contributed by atoms with Crippen molar-refractivity contribution in [1.29, 1.82) is 0 Å². The van der Waals surface area contributed by atoms with E-state index in [1.807, 2.05) is 18.2 Å². The summed E-state index contributed by atoms with van der Waals surface area (Å²) in [5.41, 5.74) is 2.72. The Hall–Kier alpha value is -1.85. The Kier molecular flexibility index (Phi) is 4.52. The van der Waals surface area contributed by atoms with Crippen molar-refractivity contribution < 1.29 is 0 Å². The molecule has 0 saturated heterocycles. The first-order chi connectivity index (χ1) is 12.1. The highest BCUT2D eigenvalue weighted by Gasteiger charge is 2.15. The number of halogens is 3. The summed E-state index contributed by atoms with van der Waals surface area (Å²) in [5, 5.41) is 7.59. The summed E-state index contributed by atoms with van der Waals surface area (Å²) in [7, 11) is 0. The second-order valence-electron chi connectivity index (χ2n) is 5.29. The van der Waals surface area contributed by atoms with Gasteiger partial charge in [0.15, 0.2) is 0 Å². The zero-order valence-electron chi connectivity index (χ0n) is 12.6. The molecule has 0 bridgehead atoms. The predicted octanol–water partition coefficient (Wildman–Crippen LogP) is 7.06. The molecule has 4 rings (SSSR count). The highest BCUT2D eigenvalue weighted by molar-refractivity contribution is 7.17. The Morgan fingerprint density at radius 3 is 2.36 bits per heavy atom. The Labute approximate surface area is 163 Å². The number of thiophene rings is 1. The molecule has 0 saturated carbocycles. The minimum Gasteiger partial charge on any atom is -0.337 e. The van der Waals surface area contributed by atoms with Crippen LogP contribution in [-0.2, 0) is 0 Å². The average molecular weight is 407 g/mol. The Morgan fingerprint density at radius 1 is 0.920 bits per heavy atom. The number of nitrogens with zero attached hydrogens (tertiary/aromatic N) is 2. The van der Waals surface area contributed by atoms with Gasteiger partial charge in [-0.05, 0) is 17.7 Å². The maximum Gasteiger partial charge on any atom is 0.143 e. The van der Waals surface area contributed by atoms with Crippen molar-refractivity contribution in [3.05, 3.63) is 69.2 Å². The Morgan fingerprint density at radius 2 is 1.64 bits per heavy atom. The largest absolute Gasteiger partial charge is 0.337 e. The summed E-state index contributed by atoms with van der Waals surface area (Å²) in [6.07, 6.45) is 1.52. The van der Waals surface area contributed by atoms with Crippen LogP contribution >= 0.6 is 46.1 Å². The summed E-state index contributed by atoms with van der Waals surface area (Å²) in [6.45, 7) is 0. The van der Waals surface area contributed by atoms with Crippen LogP contribution in [0, 0.1) is 0 Å². The molecule has 1 N–H and O–H groups in total. The van der Waals surface area contributed by atoms with Gasteiger partial charge in [-0.15, -0.1) is 11.3 Å². The first-order valence-corrected chi connectivity index (χ1v) is 9.34. The van der Waals surface area contributed by atoms with E-state index in [0.717, 1.165) is 21.3 Å². The van der Waals surface area contributed by atoms with Gasteiger partial charge in [0, 0.05) is 16.0 Å². The van der Waals surface area contributed by atoms with Crippen molar-refractivity contribution in [1.82, 2.24) is 9.97 Å². The third-order valence-corrected chi connectivity index (χ3v) is 5.41. The van der Waals surface area contributed by atoms with Crippen molar-refractivity contribution >= 4 is 67.9 Å². The lowest BCUT2D eigenvalue weighted by molar-refractivity contribution is 1.23. The molecule has 7 heteroatoms. The topological polar surface area (TPSA) is 37.8 Å². The summed E-state index contributed by atoms with van der Waals surface area (Å²) < 4.78 is 0. The van der Waals surface area contributed by atoms with Crippen molar-refractivity contribution in [3.8, 4) is 11.1 Å². The van der Waals surface area contributed by atoms with Gasteiger partial charge in [0.05, 0.1) is 21.1 Å².